The van der Waals surface area contributed by atoms with Crippen LogP contribution in [0.1, 0.15) is 58.7 Å². The largest absolute Gasteiger partial charge is 0.364 e. The Kier molecular flexibility index (Phi) is 6.50. The van der Waals surface area contributed by atoms with Crippen LogP contribution in [-0.2, 0) is 16.1 Å². The number of ether oxygens (including phenoxy) is 1. The van der Waals surface area contributed by atoms with Crippen molar-refractivity contribution in [3.63, 3.8) is 0 Å². The monoisotopic (exact) mass is 385 g/mol. The van der Waals surface area contributed by atoms with Gasteiger partial charge in [-0.3, -0.25) is 9.59 Å². The molecule has 28 heavy (non-hydrogen) atoms. The van der Waals surface area contributed by atoms with Crippen LogP contribution in [0.15, 0.2) is 29.1 Å². The summed E-state index contributed by atoms with van der Waals surface area (Å²) >= 11 is 0. The Labute approximate surface area is 166 Å². The lowest BCUT2D eigenvalue weighted by molar-refractivity contribution is -0.127. The molecule has 0 saturated heterocycles. The summed E-state index contributed by atoms with van der Waals surface area (Å²) in [5.74, 6) is 1.05. The summed E-state index contributed by atoms with van der Waals surface area (Å²) in [6.45, 7) is 7.01. The van der Waals surface area contributed by atoms with Crippen LogP contribution in [0.4, 0.5) is 0 Å². The number of aromatic amines is 1. The molecule has 0 aliphatic heterocycles. The smallest absolute Gasteiger partial charge is 0.258 e. The summed E-state index contributed by atoms with van der Waals surface area (Å²) in [4.78, 5) is 31.3. The summed E-state index contributed by atoms with van der Waals surface area (Å²) in [7, 11) is 0. The molecular formula is C22H31N3O3. The molecule has 0 radical (unpaired) electrons. The van der Waals surface area contributed by atoms with Gasteiger partial charge in [0.25, 0.3) is 5.56 Å². The number of rotatable bonds is 7. The highest BCUT2D eigenvalue weighted by Gasteiger charge is 2.32. The first-order valence-electron chi connectivity index (χ1n) is 10.2. The summed E-state index contributed by atoms with van der Waals surface area (Å²) in [5.41, 5.74) is 0.809. The Morgan fingerprint density at radius 3 is 2.68 bits per heavy atom. The van der Waals surface area contributed by atoms with Crippen molar-refractivity contribution in [2.75, 3.05) is 6.61 Å². The molecule has 0 bridgehead atoms. The molecule has 1 heterocycles. The number of carbonyl (C=O) groups is 1. The molecule has 1 aromatic heterocycles. The molecule has 1 aliphatic carbocycles. The summed E-state index contributed by atoms with van der Waals surface area (Å²) in [6, 6.07) is 7.39. The minimum atomic E-state index is -0.194. The minimum Gasteiger partial charge on any atom is -0.364 e. The van der Waals surface area contributed by atoms with E-state index in [1.54, 1.807) is 18.2 Å². The van der Waals surface area contributed by atoms with Crippen LogP contribution < -0.4 is 10.9 Å². The van der Waals surface area contributed by atoms with Gasteiger partial charge in [0.1, 0.15) is 19.0 Å². The Hall–Kier alpha value is -2.21. The molecule has 0 atom stereocenters. The van der Waals surface area contributed by atoms with Crippen LogP contribution in [0.5, 0.6) is 0 Å². The van der Waals surface area contributed by atoms with Gasteiger partial charge >= 0.3 is 0 Å². The van der Waals surface area contributed by atoms with Gasteiger partial charge in [-0.1, -0.05) is 39.3 Å². The molecule has 1 saturated carbocycles. The molecule has 1 amide bonds. The highest BCUT2D eigenvalue weighted by atomic mass is 16.5. The van der Waals surface area contributed by atoms with Crippen molar-refractivity contribution in [2.45, 2.75) is 65.5 Å². The molecule has 6 heteroatoms. The number of carbonyl (C=O) groups excluding carboxylic acids is 1. The molecule has 152 valence electrons. The normalized spacial score (nSPS) is 20.2. The second-order valence-corrected chi connectivity index (χ2v) is 8.48. The number of fused-ring (bicyclic) bond motifs is 1. The van der Waals surface area contributed by atoms with Crippen molar-refractivity contribution in [1.82, 2.24) is 15.3 Å². The predicted molar refractivity (Wildman–Crippen MR) is 110 cm³/mol. The maximum atomic E-state index is 12.2. The number of nitrogens with zero attached hydrogens (tertiary/aromatic N) is 1. The fourth-order valence-electron chi connectivity index (χ4n) is 4.02. The predicted octanol–water partition coefficient (Wildman–Crippen LogP) is 3.55. The highest BCUT2D eigenvalue weighted by molar-refractivity contribution is 5.78. The topological polar surface area (TPSA) is 84.1 Å². The number of hydrogen-bond acceptors (Lipinski definition) is 4. The standard InChI is InChI=1S/C22H31N3O3/c1-4-22(2,3)15-9-11-16(12-10-15)23-20(26)14-28-13-19-24-18-8-6-5-7-17(18)21(27)25-19/h5-8,15-16H,4,9-14H2,1-3H3,(H,23,26)(H,24,25,27). The molecule has 6 nitrogen and oxygen atoms in total. The van der Waals surface area contributed by atoms with Crippen molar-refractivity contribution in [2.24, 2.45) is 11.3 Å². The quantitative estimate of drug-likeness (QED) is 0.763. The van der Waals surface area contributed by atoms with Crippen LogP contribution in [0.3, 0.4) is 0 Å². The lowest BCUT2D eigenvalue weighted by Crippen LogP contribution is -2.41. The van der Waals surface area contributed by atoms with E-state index in [1.165, 1.54) is 6.42 Å². The van der Waals surface area contributed by atoms with Gasteiger partial charge in [-0.2, -0.15) is 0 Å². The van der Waals surface area contributed by atoms with Gasteiger partial charge in [-0.05, 0) is 49.1 Å². The Morgan fingerprint density at radius 1 is 1.25 bits per heavy atom. The van der Waals surface area contributed by atoms with Gasteiger partial charge < -0.3 is 15.0 Å². The molecular weight excluding hydrogens is 354 g/mol. The number of H-pyrrole nitrogens is 1. The van der Waals surface area contributed by atoms with Crippen LogP contribution in [0.25, 0.3) is 10.9 Å². The van der Waals surface area contributed by atoms with E-state index in [0.717, 1.165) is 31.6 Å². The van der Waals surface area contributed by atoms with Crippen LogP contribution >= 0.6 is 0 Å². The van der Waals surface area contributed by atoms with Gasteiger partial charge in [0.15, 0.2) is 0 Å². The van der Waals surface area contributed by atoms with Crippen molar-refractivity contribution >= 4 is 16.8 Å². The maximum Gasteiger partial charge on any atom is 0.258 e. The average Bonchev–Trinajstić information content (AvgIpc) is 2.68. The minimum absolute atomic E-state index is 0.0308. The van der Waals surface area contributed by atoms with Crippen LogP contribution in [-0.4, -0.2) is 28.5 Å². The number of aromatic nitrogens is 2. The van der Waals surface area contributed by atoms with Crippen molar-refractivity contribution in [1.29, 1.82) is 0 Å². The van der Waals surface area contributed by atoms with E-state index in [-0.39, 0.29) is 30.7 Å². The Balaban J connectivity index is 1.44. The zero-order valence-electron chi connectivity index (χ0n) is 17.1. The van der Waals surface area contributed by atoms with E-state index in [0.29, 0.717) is 22.1 Å². The molecule has 2 aromatic rings. The van der Waals surface area contributed by atoms with E-state index >= 15 is 0 Å². The average molecular weight is 386 g/mol. The third-order valence-electron chi connectivity index (χ3n) is 6.24. The first kappa shape index (κ1) is 20.5. The number of para-hydroxylation sites is 1. The van der Waals surface area contributed by atoms with Crippen LogP contribution in [0, 0.1) is 11.3 Å². The zero-order valence-corrected chi connectivity index (χ0v) is 17.1. The highest BCUT2D eigenvalue weighted by Crippen LogP contribution is 2.40. The van der Waals surface area contributed by atoms with E-state index in [4.69, 9.17) is 4.74 Å². The van der Waals surface area contributed by atoms with Gasteiger partial charge in [-0.25, -0.2) is 4.98 Å². The molecule has 2 N–H and O–H groups in total. The van der Waals surface area contributed by atoms with Crippen molar-refractivity contribution < 1.29 is 9.53 Å². The Bertz CT molecular complexity index is 867. The third kappa shape index (κ3) is 4.98. The van der Waals surface area contributed by atoms with Gasteiger partial charge in [0.05, 0.1) is 10.9 Å². The summed E-state index contributed by atoms with van der Waals surface area (Å²) < 4.78 is 5.48. The molecule has 0 unspecified atom stereocenters. The van der Waals surface area contributed by atoms with Crippen molar-refractivity contribution in [3.8, 4) is 0 Å². The summed E-state index contributed by atoms with van der Waals surface area (Å²) in [5, 5.41) is 3.63. The lowest BCUT2D eigenvalue weighted by atomic mass is 9.69. The lowest BCUT2D eigenvalue weighted by Gasteiger charge is -2.39. The second-order valence-electron chi connectivity index (χ2n) is 8.48. The molecule has 1 fully saturated rings. The van der Waals surface area contributed by atoms with E-state index < -0.39 is 0 Å². The zero-order chi connectivity index (χ0) is 20.1. The maximum absolute atomic E-state index is 12.2. The fourth-order valence-corrected chi connectivity index (χ4v) is 4.02. The van der Waals surface area contributed by atoms with Gasteiger partial charge in [0.2, 0.25) is 5.91 Å². The second kappa shape index (κ2) is 8.86. The number of amides is 1. The number of hydrogen-bond donors (Lipinski definition) is 2. The molecule has 1 aromatic carbocycles. The van der Waals surface area contributed by atoms with Crippen LogP contribution in [0.2, 0.25) is 0 Å². The van der Waals surface area contributed by atoms with E-state index in [9.17, 15) is 9.59 Å². The van der Waals surface area contributed by atoms with E-state index in [1.807, 2.05) is 6.07 Å². The Morgan fingerprint density at radius 2 is 1.96 bits per heavy atom. The van der Waals surface area contributed by atoms with Gasteiger partial charge in [0, 0.05) is 6.04 Å². The van der Waals surface area contributed by atoms with E-state index in [2.05, 4.69) is 36.1 Å². The first-order valence-corrected chi connectivity index (χ1v) is 10.2. The fraction of sp³-hybridized carbons (Fsp3) is 0.591. The molecule has 0 spiro atoms. The molecule has 1 aliphatic rings. The number of nitrogens with one attached hydrogen (secondary N) is 2. The SMILES string of the molecule is CCC(C)(C)C1CCC(NC(=O)COCc2nc3ccccc3c(=O)[nH]2)CC1. The molecule has 3 rings (SSSR count). The number of benzene rings is 1. The van der Waals surface area contributed by atoms with Gasteiger partial charge in [-0.15, -0.1) is 0 Å². The van der Waals surface area contributed by atoms with Crippen molar-refractivity contribution in [3.05, 3.63) is 40.4 Å². The first-order chi connectivity index (χ1) is 13.4. The third-order valence-corrected chi connectivity index (χ3v) is 6.24. The summed E-state index contributed by atoms with van der Waals surface area (Å²) in [6.07, 6.45) is 5.57.